The molecular weight excluding hydrogens is 210 g/mol. The summed E-state index contributed by atoms with van der Waals surface area (Å²) in [7, 11) is 0. The Bertz CT molecular complexity index is 409. The van der Waals surface area contributed by atoms with E-state index in [4.69, 9.17) is 10.5 Å². The van der Waals surface area contributed by atoms with Gasteiger partial charge in [0.1, 0.15) is 11.4 Å². The summed E-state index contributed by atoms with van der Waals surface area (Å²) >= 11 is 0. The van der Waals surface area contributed by atoms with Crippen molar-refractivity contribution in [3.05, 3.63) is 29.3 Å². The third kappa shape index (κ3) is 2.47. The van der Waals surface area contributed by atoms with Gasteiger partial charge in [-0.2, -0.15) is 0 Å². The Kier molecular flexibility index (Phi) is 3.17. The zero-order valence-corrected chi connectivity index (χ0v) is 11.3. The van der Waals surface area contributed by atoms with Gasteiger partial charge in [0, 0.05) is 5.92 Å². The molecule has 0 aromatic heterocycles. The van der Waals surface area contributed by atoms with Crippen LogP contribution in [0, 0.1) is 0 Å². The first kappa shape index (κ1) is 12.4. The molecule has 0 bridgehead atoms. The second kappa shape index (κ2) is 4.34. The van der Waals surface area contributed by atoms with Crippen molar-refractivity contribution in [2.24, 2.45) is 5.73 Å². The minimum atomic E-state index is -0.101. The van der Waals surface area contributed by atoms with Crippen LogP contribution in [0.15, 0.2) is 18.2 Å². The van der Waals surface area contributed by atoms with Crippen molar-refractivity contribution in [1.82, 2.24) is 0 Å². The first-order chi connectivity index (χ1) is 7.93. The van der Waals surface area contributed by atoms with Crippen LogP contribution < -0.4 is 10.5 Å². The van der Waals surface area contributed by atoms with Crippen LogP contribution in [-0.2, 0) is 0 Å². The maximum absolute atomic E-state index is 6.03. The van der Waals surface area contributed by atoms with Crippen LogP contribution in [0.25, 0.3) is 0 Å². The van der Waals surface area contributed by atoms with Gasteiger partial charge in [0.05, 0.1) is 0 Å². The molecule has 2 rings (SSSR count). The number of rotatable bonds is 2. The summed E-state index contributed by atoms with van der Waals surface area (Å²) in [5.41, 5.74) is 8.47. The predicted octanol–water partition coefficient (Wildman–Crippen LogP) is 3.41. The van der Waals surface area contributed by atoms with E-state index in [1.807, 2.05) is 0 Å². The van der Waals surface area contributed by atoms with Gasteiger partial charge in [-0.1, -0.05) is 26.0 Å². The van der Waals surface area contributed by atoms with Crippen LogP contribution in [0.5, 0.6) is 5.75 Å². The van der Waals surface area contributed by atoms with Crippen molar-refractivity contribution < 1.29 is 4.74 Å². The Balaban J connectivity index is 2.43. The topological polar surface area (TPSA) is 35.2 Å². The zero-order valence-electron chi connectivity index (χ0n) is 11.3. The maximum atomic E-state index is 6.03. The van der Waals surface area contributed by atoms with E-state index < -0.39 is 0 Å². The molecule has 1 unspecified atom stereocenters. The molecule has 1 atom stereocenters. The lowest BCUT2D eigenvalue weighted by Crippen LogP contribution is -2.37. The number of benzene rings is 1. The molecule has 0 spiro atoms. The van der Waals surface area contributed by atoms with Crippen molar-refractivity contribution in [3.63, 3.8) is 0 Å². The molecule has 1 aromatic carbocycles. The highest BCUT2D eigenvalue weighted by molar-refractivity contribution is 5.43. The minimum absolute atomic E-state index is 0.101. The van der Waals surface area contributed by atoms with Crippen LogP contribution in [0.3, 0.4) is 0 Å². The lowest BCUT2D eigenvalue weighted by molar-refractivity contribution is 0.0730. The Hall–Kier alpha value is -1.02. The van der Waals surface area contributed by atoms with Gasteiger partial charge in [0.15, 0.2) is 0 Å². The van der Waals surface area contributed by atoms with Crippen molar-refractivity contribution in [2.45, 2.75) is 51.6 Å². The van der Waals surface area contributed by atoms with E-state index in [0.29, 0.717) is 18.4 Å². The molecule has 0 aliphatic carbocycles. The molecule has 0 fully saturated rings. The van der Waals surface area contributed by atoms with E-state index in [9.17, 15) is 0 Å². The van der Waals surface area contributed by atoms with Gasteiger partial charge in [-0.25, -0.2) is 0 Å². The summed E-state index contributed by atoms with van der Waals surface area (Å²) in [6.07, 6.45) is 0.998. The number of nitrogens with two attached hydrogens (primary N) is 1. The summed E-state index contributed by atoms with van der Waals surface area (Å²) < 4.78 is 6.03. The number of fused-ring (bicyclic) bond motifs is 1. The zero-order chi connectivity index (χ0) is 12.6. The quantitative estimate of drug-likeness (QED) is 0.849. The molecule has 94 valence electrons. The predicted molar refractivity (Wildman–Crippen MR) is 71.7 cm³/mol. The van der Waals surface area contributed by atoms with E-state index in [-0.39, 0.29) is 5.60 Å². The monoisotopic (exact) mass is 233 g/mol. The fraction of sp³-hybridized carbons (Fsp3) is 0.600. The molecule has 1 aliphatic rings. The van der Waals surface area contributed by atoms with Gasteiger partial charge in [0.2, 0.25) is 0 Å². The van der Waals surface area contributed by atoms with E-state index in [0.717, 1.165) is 12.2 Å². The number of hydrogen-bond donors (Lipinski definition) is 1. The molecule has 1 heterocycles. The van der Waals surface area contributed by atoms with E-state index in [2.05, 4.69) is 45.9 Å². The highest BCUT2D eigenvalue weighted by Crippen LogP contribution is 2.41. The van der Waals surface area contributed by atoms with Crippen molar-refractivity contribution in [2.75, 3.05) is 6.54 Å². The lowest BCUT2D eigenvalue weighted by Gasteiger charge is -2.37. The third-order valence-electron chi connectivity index (χ3n) is 3.55. The molecule has 1 aliphatic heterocycles. The second-order valence-electron chi connectivity index (χ2n) is 5.95. The molecule has 0 saturated carbocycles. The van der Waals surface area contributed by atoms with Gasteiger partial charge in [0.25, 0.3) is 0 Å². The van der Waals surface area contributed by atoms with Crippen LogP contribution in [0.4, 0.5) is 0 Å². The Morgan fingerprint density at radius 3 is 2.71 bits per heavy atom. The normalized spacial score (nSPS) is 22.1. The van der Waals surface area contributed by atoms with Crippen LogP contribution in [0.1, 0.15) is 57.1 Å². The highest BCUT2D eigenvalue weighted by atomic mass is 16.5. The molecule has 0 saturated heterocycles. The Labute approximate surface area is 104 Å². The molecule has 17 heavy (non-hydrogen) atoms. The van der Waals surface area contributed by atoms with Gasteiger partial charge in [-0.3, -0.25) is 0 Å². The smallest absolute Gasteiger partial charge is 0.123 e. The highest BCUT2D eigenvalue weighted by Gasteiger charge is 2.33. The first-order valence-electron chi connectivity index (χ1n) is 6.46. The van der Waals surface area contributed by atoms with Crippen molar-refractivity contribution >= 4 is 0 Å². The maximum Gasteiger partial charge on any atom is 0.123 e. The summed E-state index contributed by atoms with van der Waals surface area (Å²) in [6, 6.07) is 6.54. The molecule has 0 amide bonds. The number of ether oxygens (including phenoxy) is 1. The molecule has 2 nitrogen and oxygen atoms in total. The molecule has 2 heteroatoms. The molecule has 2 N–H and O–H groups in total. The van der Waals surface area contributed by atoms with Crippen molar-refractivity contribution in [1.29, 1.82) is 0 Å². The molecular formula is C15H23NO. The van der Waals surface area contributed by atoms with Crippen LogP contribution >= 0.6 is 0 Å². The number of hydrogen-bond acceptors (Lipinski definition) is 2. The van der Waals surface area contributed by atoms with Crippen molar-refractivity contribution in [3.8, 4) is 5.75 Å². The average Bonchev–Trinajstić information content (AvgIpc) is 2.26. The molecule has 0 radical (unpaired) electrons. The fourth-order valence-corrected chi connectivity index (χ4v) is 2.59. The third-order valence-corrected chi connectivity index (χ3v) is 3.55. The Morgan fingerprint density at radius 1 is 1.41 bits per heavy atom. The van der Waals surface area contributed by atoms with E-state index in [1.165, 1.54) is 11.1 Å². The second-order valence-corrected chi connectivity index (χ2v) is 5.95. The van der Waals surface area contributed by atoms with E-state index in [1.54, 1.807) is 0 Å². The van der Waals surface area contributed by atoms with Crippen LogP contribution in [0.2, 0.25) is 0 Å². The lowest BCUT2D eigenvalue weighted by atomic mass is 9.83. The first-order valence-corrected chi connectivity index (χ1v) is 6.46. The SMILES string of the molecule is CC(C)c1ccc2c(c1)C(CN)CC(C)(C)O2. The van der Waals surface area contributed by atoms with Gasteiger partial charge < -0.3 is 10.5 Å². The van der Waals surface area contributed by atoms with Gasteiger partial charge >= 0.3 is 0 Å². The summed E-state index contributed by atoms with van der Waals surface area (Å²) in [5.74, 6) is 1.99. The minimum Gasteiger partial charge on any atom is -0.488 e. The summed E-state index contributed by atoms with van der Waals surface area (Å²) in [4.78, 5) is 0. The molecule has 1 aromatic rings. The van der Waals surface area contributed by atoms with E-state index >= 15 is 0 Å². The Morgan fingerprint density at radius 2 is 2.12 bits per heavy atom. The summed E-state index contributed by atoms with van der Waals surface area (Å²) in [5, 5.41) is 0. The van der Waals surface area contributed by atoms with Gasteiger partial charge in [-0.05, 0) is 49.9 Å². The van der Waals surface area contributed by atoms with Crippen LogP contribution in [-0.4, -0.2) is 12.1 Å². The average molecular weight is 233 g/mol. The standard InChI is InChI=1S/C15H23NO/c1-10(2)11-5-6-14-13(7-11)12(9-16)8-15(3,4)17-14/h5-7,10,12H,8-9,16H2,1-4H3. The summed E-state index contributed by atoms with van der Waals surface area (Å²) in [6.45, 7) is 9.39. The van der Waals surface area contributed by atoms with Gasteiger partial charge in [-0.15, -0.1) is 0 Å². The largest absolute Gasteiger partial charge is 0.488 e. The fourth-order valence-electron chi connectivity index (χ4n) is 2.59.